The van der Waals surface area contributed by atoms with Crippen LogP contribution in [0.5, 0.6) is 5.75 Å². The molecule has 0 aliphatic heterocycles. The molecule has 0 fully saturated rings. The highest BCUT2D eigenvalue weighted by atomic mass is 16.5. The van der Waals surface area contributed by atoms with Gasteiger partial charge in [-0.05, 0) is 42.0 Å². The number of aromatic nitrogens is 3. The zero-order valence-corrected chi connectivity index (χ0v) is 14.3. The summed E-state index contributed by atoms with van der Waals surface area (Å²) < 4.78 is 5.28. The monoisotopic (exact) mass is 343 g/mol. The molecule has 0 radical (unpaired) electrons. The van der Waals surface area contributed by atoms with E-state index < -0.39 is 0 Å². The molecular formula is C21H17N3O2. The summed E-state index contributed by atoms with van der Waals surface area (Å²) in [4.78, 5) is 24.7. The Balaban J connectivity index is 1.62. The Morgan fingerprint density at radius 3 is 2.81 bits per heavy atom. The minimum atomic E-state index is 0.0220. The SMILES string of the molecule is COc1ccccc1C(=O)Cc1ccc2nc(-c3cccnc3)[nH]c2c1. The Hall–Kier alpha value is -3.47. The molecule has 0 saturated carbocycles. The number of hydrogen-bond acceptors (Lipinski definition) is 4. The largest absolute Gasteiger partial charge is 0.496 e. The highest BCUT2D eigenvalue weighted by Gasteiger charge is 2.13. The van der Waals surface area contributed by atoms with Gasteiger partial charge < -0.3 is 9.72 Å². The Morgan fingerprint density at radius 1 is 1.12 bits per heavy atom. The van der Waals surface area contributed by atoms with Gasteiger partial charge in [0.1, 0.15) is 11.6 Å². The molecule has 4 rings (SSSR count). The molecule has 128 valence electrons. The summed E-state index contributed by atoms with van der Waals surface area (Å²) in [5.74, 6) is 1.38. The van der Waals surface area contributed by atoms with Crippen LogP contribution >= 0.6 is 0 Å². The molecular weight excluding hydrogens is 326 g/mol. The summed E-state index contributed by atoms with van der Waals surface area (Å²) in [7, 11) is 1.57. The van der Waals surface area contributed by atoms with Gasteiger partial charge in [0.15, 0.2) is 5.78 Å². The van der Waals surface area contributed by atoms with Crippen LogP contribution in [-0.2, 0) is 6.42 Å². The van der Waals surface area contributed by atoms with Gasteiger partial charge in [-0.25, -0.2) is 4.98 Å². The molecule has 0 aliphatic rings. The van der Waals surface area contributed by atoms with Crippen molar-refractivity contribution in [1.82, 2.24) is 15.0 Å². The minimum Gasteiger partial charge on any atom is -0.496 e. The third kappa shape index (κ3) is 3.07. The number of benzene rings is 2. The van der Waals surface area contributed by atoms with Crippen molar-refractivity contribution in [2.75, 3.05) is 7.11 Å². The molecule has 4 aromatic rings. The third-order valence-electron chi connectivity index (χ3n) is 4.25. The Morgan fingerprint density at radius 2 is 2.00 bits per heavy atom. The van der Waals surface area contributed by atoms with Crippen LogP contribution < -0.4 is 4.74 Å². The lowest BCUT2D eigenvalue weighted by atomic mass is 10.0. The smallest absolute Gasteiger partial charge is 0.170 e. The lowest BCUT2D eigenvalue weighted by molar-refractivity contribution is 0.0990. The number of ether oxygens (including phenoxy) is 1. The lowest BCUT2D eigenvalue weighted by Gasteiger charge is -2.07. The number of hydrogen-bond donors (Lipinski definition) is 1. The van der Waals surface area contributed by atoms with Gasteiger partial charge in [-0.1, -0.05) is 18.2 Å². The molecule has 0 atom stereocenters. The van der Waals surface area contributed by atoms with E-state index in [-0.39, 0.29) is 5.78 Å². The van der Waals surface area contributed by atoms with E-state index in [1.807, 2.05) is 42.5 Å². The van der Waals surface area contributed by atoms with Gasteiger partial charge in [0.05, 0.1) is 23.7 Å². The van der Waals surface area contributed by atoms with Gasteiger partial charge in [-0.2, -0.15) is 0 Å². The highest BCUT2D eigenvalue weighted by molar-refractivity contribution is 6.00. The summed E-state index contributed by atoms with van der Waals surface area (Å²) >= 11 is 0. The number of fused-ring (bicyclic) bond motifs is 1. The number of pyridine rings is 1. The summed E-state index contributed by atoms with van der Waals surface area (Å²) in [5, 5.41) is 0. The van der Waals surface area contributed by atoms with Crippen LogP contribution in [0.1, 0.15) is 15.9 Å². The van der Waals surface area contributed by atoms with Crippen LogP contribution in [0.15, 0.2) is 67.0 Å². The number of methoxy groups -OCH3 is 1. The van der Waals surface area contributed by atoms with Crippen LogP contribution in [0.4, 0.5) is 0 Å². The van der Waals surface area contributed by atoms with E-state index >= 15 is 0 Å². The zero-order valence-electron chi connectivity index (χ0n) is 14.3. The Kier molecular flexibility index (Phi) is 4.19. The van der Waals surface area contributed by atoms with Crippen LogP contribution in [0.2, 0.25) is 0 Å². The summed E-state index contributed by atoms with van der Waals surface area (Å²) in [6.07, 6.45) is 3.80. The first kappa shape index (κ1) is 16.0. The Bertz CT molecular complexity index is 1070. The molecule has 0 spiro atoms. The number of ketones is 1. The van der Waals surface area contributed by atoms with Crippen molar-refractivity contribution in [1.29, 1.82) is 0 Å². The first-order chi connectivity index (χ1) is 12.7. The normalized spacial score (nSPS) is 10.8. The molecule has 5 heteroatoms. The molecule has 1 N–H and O–H groups in total. The van der Waals surface area contributed by atoms with Gasteiger partial charge in [0, 0.05) is 24.4 Å². The predicted molar refractivity (Wildman–Crippen MR) is 100 cm³/mol. The minimum absolute atomic E-state index is 0.0220. The summed E-state index contributed by atoms with van der Waals surface area (Å²) in [6.45, 7) is 0. The van der Waals surface area contributed by atoms with Crippen LogP contribution in [0.25, 0.3) is 22.4 Å². The number of carbonyl (C=O) groups is 1. The van der Waals surface area contributed by atoms with Gasteiger partial charge in [0.2, 0.25) is 0 Å². The fourth-order valence-corrected chi connectivity index (χ4v) is 2.96. The molecule has 0 aliphatic carbocycles. The van der Waals surface area contributed by atoms with E-state index in [1.54, 1.807) is 31.6 Å². The molecule has 0 amide bonds. The maximum absolute atomic E-state index is 12.6. The number of imidazole rings is 1. The van der Waals surface area contributed by atoms with Crippen molar-refractivity contribution in [3.63, 3.8) is 0 Å². The third-order valence-corrected chi connectivity index (χ3v) is 4.25. The lowest BCUT2D eigenvalue weighted by Crippen LogP contribution is -2.05. The molecule has 0 unspecified atom stereocenters. The summed E-state index contributed by atoms with van der Waals surface area (Å²) in [5.41, 5.74) is 4.20. The van der Waals surface area contributed by atoms with E-state index in [4.69, 9.17) is 4.74 Å². The number of nitrogens with one attached hydrogen (secondary N) is 1. The van der Waals surface area contributed by atoms with Crippen molar-refractivity contribution in [3.8, 4) is 17.1 Å². The van der Waals surface area contributed by atoms with Crippen molar-refractivity contribution in [3.05, 3.63) is 78.1 Å². The van der Waals surface area contributed by atoms with E-state index in [0.717, 1.165) is 28.0 Å². The van der Waals surface area contributed by atoms with Gasteiger partial charge >= 0.3 is 0 Å². The molecule has 0 bridgehead atoms. The van der Waals surface area contributed by atoms with E-state index in [2.05, 4.69) is 15.0 Å². The van der Waals surface area contributed by atoms with Gasteiger partial charge in [-0.3, -0.25) is 9.78 Å². The zero-order chi connectivity index (χ0) is 17.9. The number of para-hydroxylation sites is 1. The predicted octanol–water partition coefficient (Wildman–Crippen LogP) is 4.06. The number of rotatable bonds is 5. The van der Waals surface area contributed by atoms with Crippen molar-refractivity contribution in [2.45, 2.75) is 6.42 Å². The fraction of sp³-hybridized carbons (Fsp3) is 0.0952. The molecule has 2 aromatic heterocycles. The van der Waals surface area contributed by atoms with E-state index in [0.29, 0.717) is 17.7 Å². The average molecular weight is 343 g/mol. The van der Waals surface area contributed by atoms with Crippen LogP contribution in [0, 0.1) is 0 Å². The Labute approximate surface area is 150 Å². The molecule has 26 heavy (non-hydrogen) atoms. The quantitative estimate of drug-likeness (QED) is 0.555. The maximum Gasteiger partial charge on any atom is 0.170 e. The number of Topliss-reactive ketones (excluding diaryl/α,β-unsaturated/α-hetero) is 1. The fourth-order valence-electron chi connectivity index (χ4n) is 2.96. The van der Waals surface area contributed by atoms with Crippen LogP contribution in [0.3, 0.4) is 0 Å². The molecule has 2 heterocycles. The standard InChI is InChI=1S/C21H17N3O2/c1-26-20-7-3-2-6-16(20)19(25)12-14-8-9-17-18(11-14)24-21(23-17)15-5-4-10-22-13-15/h2-11,13H,12H2,1H3,(H,23,24). The second-order valence-corrected chi connectivity index (χ2v) is 5.98. The topological polar surface area (TPSA) is 67.9 Å². The second-order valence-electron chi connectivity index (χ2n) is 5.98. The van der Waals surface area contributed by atoms with Gasteiger partial charge in [0.25, 0.3) is 0 Å². The van der Waals surface area contributed by atoms with E-state index in [1.165, 1.54) is 0 Å². The molecule has 0 saturated heterocycles. The maximum atomic E-state index is 12.6. The van der Waals surface area contributed by atoms with Crippen molar-refractivity contribution >= 4 is 16.8 Å². The number of aromatic amines is 1. The van der Waals surface area contributed by atoms with Crippen LogP contribution in [-0.4, -0.2) is 27.8 Å². The van der Waals surface area contributed by atoms with E-state index in [9.17, 15) is 4.79 Å². The number of carbonyl (C=O) groups excluding carboxylic acids is 1. The molecule has 5 nitrogen and oxygen atoms in total. The van der Waals surface area contributed by atoms with Crippen molar-refractivity contribution in [2.24, 2.45) is 0 Å². The molecule has 2 aromatic carbocycles. The second kappa shape index (κ2) is 6.80. The highest BCUT2D eigenvalue weighted by Crippen LogP contribution is 2.23. The number of H-pyrrole nitrogens is 1. The van der Waals surface area contributed by atoms with Crippen molar-refractivity contribution < 1.29 is 9.53 Å². The summed E-state index contributed by atoms with van der Waals surface area (Å²) in [6, 6.07) is 16.9. The number of nitrogens with zero attached hydrogens (tertiary/aromatic N) is 2. The first-order valence-electron chi connectivity index (χ1n) is 8.30. The average Bonchev–Trinajstić information content (AvgIpc) is 3.12. The van der Waals surface area contributed by atoms with Gasteiger partial charge in [-0.15, -0.1) is 0 Å². The first-order valence-corrected chi connectivity index (χ1v) is 8.30.